The summed E-state index contributed by atoms with van der Waals surface area (Å²) in [6.07, 6.45) is 1.17. The van der Waals surface area contributed by atoms with Crippen molar-refractivity contribution in [1.82, 2.24) is 4.90 Å². The van der Waals surface area contributed by atoms with Gasteiger partial charge in [-0.15, -0.1) is 0 Å². The van der Waals surface area contributed by atoms with Crippen LogP contribution in [0.4, 0.5) is 13.2 Å². The van der Waals surface area contributed by atoms with Crippen LogP contribution < -0.4 is 4.74 Å². The van der Waals surface area contributed by atoms with E-state index in [1.54, 1.807) is 0 Å². The minimum Gasteiger partial charge on any atom is -0.489 e. The molecule has 1 aliphatic carbocycles. The normalized spacial score (nSPS) is 30.2. The molecule has 8 heteroatoms. The smallest absolute Gasteiger partial charge is 0.391 e. The van der Waals surface area contributed by atoms with Gasteiger partial charge in [0.2, 0.25) is 0 Å². The first-order chi connectivity index (χ1) is 17.1. The summed E-state index contributed by atoms with van der Waals surface area (Å²) < 4.78 is 45.0. The highest BCUT2D eigenvalue weighted by atomic mass is 35.5. The highest BCUT2D eigenvalue weighted by Gasteiger charge is 2.43. The van der Waals surface area contributed by atoms with E-state index in [-0.39, 0.29) is 43.0 Å². The fourth-order valence-corrected chi connectivity index (χ4v) is 7.03. The van der Waals surface area contributed by atoms with Gasteiger partial charge in [-0.25, -0.2) is 0 Å². The summed E-state index contributed by atoms with van der Waals surface area (Å²) in [4.78, 5) is 14.2. The van der Waals surface area contributed by atoms with E-state index in [0.717, 1.165) is 30.0 Å². The summed E-state index contributed by atoms with van der Waals surface area (Å²) in [5.74, 6) is -1.64. The number of rotatable bonds is 5. The molecular formula is C28H33ClF3NO3. The number of nitrogens with zero attached hydrogens (tertiary/aromatic N) is 1. The lowest BCUT2D eigenvalue weighted by Gasteiger charge is -2.51. The van der Waals surface area contributed by atoms with Gasteiger partial charge in [0.15, 0.2) is 0 Å². The van der Waals surface area contributed by atoms with Crippen LogP contribution in [0.5, 0.6) is 5.75 Å². The monoisotopic (exact) mass is 523 g/mol. The largest absolute Gasteiger partial charge is 0.489 e. The second kappa shape index (κ2) is 10.1. The Kier molecular flexibility index (Phi) is 7.16. The average Bonchev–Trinajstić information content (AvgIpc) is 2.84. The number of ether oxygens (including phenoxy) is 1. The molecule has 2 saturated heterocycles. The van der Waals surface area contributed by atoms with Crippen LogP contribution in [0.1, 0.15) is 76.3 Å². The van der Waals surface area contributed by atoms with Crippen molar-refractivity contribution in [3.05, 3.63) is 40.9 Å². The fourth-order valence-electron chi connectivity index (χ4n) is 6.75. The zero-order valence-electron chi connectivity index (χ0n) is 20.4. The number of fused-ring (bicyclic) bond motifs is 3. The van der Waals surface area contributed by atoms with Crippen LogP contribution in [-0.4, -0.2) is 40.3 Å². The third-order valence-corrected chi connectivity index (χ3v) is 9.07. The standard InChI is InChI=1S/C28H33ClF3NO3/c1-16(33-21-3-2-4-22(33)15-19(14-21)27(34)35)17-5-11-24-18(13-17)6-12-25(26(24)29)36-23-9-7-20(8-10-23)28(30,31)32/h5-6,11-13,16,19-23H,2-4,7-10,14-15H2,1H3,(H,34,35)/t16-,19?,20-,21?,22?,23+/m0/s1. The number of piperidine rings is 2. The molecule has 0 amide bonds. The van der Waals surface area contributed by atoms with Gasteiger partial charge in [-0.05, 0) is 81.4 Å². The van der Waals surface area contributed by atoms with Crippen LogP contribution in [0.3, 0.4) is 0 Å². The molecule has 4 nitrogen and oxygen atoms in total. The first-order valence-electron chi connectivity index (χ1n) is 13.1. The predicted octanol–water partition coefficient (Wildman–Crippen LogP) is 7.77. The van der Waals surface area contributed by atoms with E-state index in [1.807, 2.05) is 18.2 Å². The number of halogens is 4. The quantitative estimate of drug-likeness (QED) is 0.435. The molecule has 0 radical (unpaired) electrons. The zero-order valence-corrected chi connectivity index (χ0v) is 21.2. The highest BCUT2D eigenvalue weighted by molar-refractivity contribution is 6.37. The predicted molar refractivity (Wildman–Crippen MR) is 133 cm³/mol. The minimum atomic E-state index is -4.13. The number of hydrogen-bond acceptors (Lipinski definition) is 3. The van der Waals surface area contributed by atoms with Crippen molar-refractivity contribution in [2.45, 2.75) is 95.1 Å². The van der Waals surface area contributed by atoms with E-state index in [4.69, 9.17) is 16.3 Å². The van der Waals surface area contributed by atoms with Gasteiger partial charge >= 0.3 is 12.1 Å². The molecule has 1 saturated carbocycles. The summed E-state index contributed by atoms with van der Waals surface area (Å²) in [5, 5.41) is 11.9. The van der Waals surface area contributed by atoms with Gasteiger partial charge in [0.05, 0.1) is 23.0 Å². The molecule has 0 spiro atoms. The molecule has 2 bridgehead atoms. The van der Waals surface area contributed by atoms with Crippen molar-refractivity contribution in [3.8, 4) is 5.75 Å². The van der Waals surface area contributed by atoms with Crippen molar-refractivity contribution < 1.29 is 27.8 Å². The van der Waals surface area contributed by atoms with Crippen LogP contribution in [0.2, 0.25) is 5.02 Å². The Balaban J connectivity index is 1.31. The third-order valence-electron chi connectivity index (χ3n) is 8.68. The number of hydrogen-bond donors (Lipinski definition) is 1. The van der Waals surface area contributed by atoms with Gasteiger partial charge in [-0.3, -0.25) is 9.69 Å². The van der Waals surface area contributed by atoms with Crippen LogP contribution in [0.25, 0.3) is 10.8 Å². The summed E-state index contributed by atoms with van der Waals surface area (Å²) in [7, 11) is 0. The molecule has 1 N–H and O–H groups in total. The summed E-state index contributed by atoms with van der Waals surface area (Å²) in [5.41, 5.74) is 1.17. The van der Waals surface area contributed by atoms with Gasteiger partial charge in [-0.2, -0.15) is 13.2 Å². The molecule has 2 aliphatic heterocycles. The van der Waals surface area contributed by atoms with Crippen molar-refractivity contribution >= 4 is 28.3 Å². The lowest BCUT2D eigenvalue weighted by Crippen LogP contribution is -2.53. The van der Waals surface area contributed by atoms with Crippen LogP contribution in [0, 0.1) is 11.8 Å². The Bertz CT molecular complexity index is 1100. The van der Waals surface area contributed by atoms with Gasteiger partial charge < -0.3 is 9.84 Å². The van der Waals surface area contributed by atoms with Gasteiger partial charge in [0, 0.05) is 23.5 Å². The fraction of sp³-hybridized carbons (Fsp3) is 0.607. The number of carboxylic acids is 1. The Morgan fingerprint density at radius 2 is 1.72 bits per heavy atom. The van der Waals surface area contributed by atoms with Crippen molar-refractivity contribution in [2.24, 2.45) is 11.8 Å². The average molecular weight is 524 g/mol. The highest BCUT2D eigenvalue weighted by Crippen LogP contribution is 2.44. The molecule has 3 atom stereocenters. The van der Waals surface area contributed by atoms with E-state index in [1.165, 1.54) is 5.56 Å². The molecule has 0 aromatic heterocycles. The van der Waals surface area contributed by atoms with Gasteiger partial charge in [-0.1, -0.05) is 36.2 Å². The molecule has 2 unspecified atom stereocenters. The van der Waals surface area contributed by atoms with Crippen LogP contribution >= 0.6 is 11.6 Å². The molecule has 5 rings (SSSR count). The van der Waals surface area contributed by atoms with Crippen molar-refractivity contribution in [3.63, 3.8) is 0 Å². The molecule has 196 valence electrons. The topological polar surface area (TPSA) is 49.8 Å². The van der Waals surface area contributed by atoms with Crippen LogP contribution in [0.15, 0.2) is 30.3 Å². The number of aliphatic carboxylic acids is 1. The van der Waals surface area contributed by atoms with E-state index >= 15 is 0 Å². The second-order valence-electron chi connectivity index (χ2n) is 10.9. The lowest BCUT2D eigenvalue weighted by molar-refractivity contribution is -0.185. The van der Waals surface area contributed by atoms with E-state index < -0.39 is 18.1 Å². The molecule has 2 aromatic rings. The maximum absolute atomic E-state index is 13.0. The Morgan fingerprint density at radius 1 is 1.06 bits per heavy atom. The van der Waals surface area contributed by atoms with Gasteiger partial charge in [0.1, 0.15) is 5.75 Å². The van der Waals surface area contributed by atoms with E-state index in [2.05, 4.69) is 24.0 Å². The summed E-state index contributed by atoms with van der Waals surface area (Å²) in [6.45, 7) is 2.20. The molecule has 2 heterocycles. The van der Waals surface area contributed by atoms with Crippen molar-refractivity contribution in [2.75, 3.05) is 0 Å². The lowest BCUT2D eigenvalue weighted by atomic mass is 9.77. The third kappa shape index (κ3) is 5.06. The number of carboxylic acid groups (broad SMARTS) is 1. The molecule has 36 heavy (non-hydrogen) atoms. The molecule has 3 aliphatic rings. The zero-order chi connectivity index (χ0) is 25.6. The Hall–Kier alpha value is -1.99. The van der Waals surface area contributed by atoms with Gasteiger partial charge in [0.25, 0.3) is 0 Å². The molecule has 3 fully saturated rings. The SMILES string of the molecule is C[C@@H](c1ccc2c(Cl)c(O[C@H]3CC[C@@H](C(F)(F)F)CC3)ccc2c1)N1C2CCCC1CC(C(=O)O)C2. The maximum atomic E-state index is 13.0. The minimum absolute atomic E-state index is 0.0896. The molecular weight excluding hydrogens is 491 g/mol. The molecule has 2 aromatic carbocycles. The van der Waals surface area contributed by atoms with Crippen molar-refractivity contribution in [1.29, 1.82) is 0 Å². The summed E-state index contributed by atoms with van der Waals surface area (Å²) >= 11 is 6.70. The summed E-state index contributed by atoms with van der Waals surface area (Å²) in [6, 6.07) is 10.7. The maximum Gasteiger partial charge on any atom is 0.391 e. The van der Waals surface area contributed by atoms with E-state index in [0.29, 0.717) is 36.5 Å². The first kappa shape index (κ1) is 25.7. The second-order valence-corrected chi connectivity index (χ2v) is 11.2. The first-order valence-corrected chi connectivity index (χ1v) is 13.5. The van der Waals surface area contributed by atoms with E-state index in [9.17, 15) is 23.1 Å². The number of carbonyl (C=O) groups is 1. The Morgan fingerprint density at radius 3 is 2.33 bits per heavy atom. The number of benzene rings is 2. The number of alkyl halides is 3. The Labute approximate surface area is 214 Å². The van der Waals surface area contributed by atoms with Crippen LogP contribution in [-0.2, 0) is 4.79 Å².